The number of hydrogen-bond acceptors (Lipinski definition) is 6. The van der Waals surface area contributed by atoms with Crippen LogP contribution in [0.1, 0.15) is 12.0 Å². The molecule has 0 saturated carbocycles. The Hall–Kier alpha value is -2.78. The number of halogens is 4. The van der Waals surface area contributed by atoms with Crippen LogP contribution in [0.2, 0.25) is 5.02 Å². The van der Waals surface area contributed by atoms with Gasteiger partial charge in [-0.25, -0.2) is 4.98 Å². The summed E-state index contributed by atoms with van der Waals surface area (Å²) in [4.78, 5) is 11.2. The summed E-state index contributed by atoms with van der Waals surface area (Å²) in [6.45, 7) is 1.57. The molecule has 0 aliphatic carbocycles. The molecule has 4 rings (SSSR count). The molecule has 158 valence electrons. The van der Waals surface area contributed by atoms with Gasteiger partial charge >= 0.3 is 6.18 Å². The highest BCUT2D eigenvalue weighted by atomic mass is 35.5. The first-order valence-electron chi connectivity index (χ1n) is 9.37. The van der Waals surface area contributed by atoms with E-state index in [-0.39, 0.29) is 17.3 Å². The second kappa shape index (κ2) is 7.81. The summed E-state index contributed by atoms with van der Waals surface area (Å²) >= 11 is 6.13. The molecule has 4 N–H and O–H groups in total. The maximum absolute atomic E-state index is 13.1. The Morgan fingerprint density at radius 3 is 2.67 bits per heavy atom. The third kappa shape index (κ3) is 4.22. The summed E-state index contributed by atoms with van der Waals surface area (Å²) in [6.07, 6.45) is -3.55. The molecule has 0 spiro atoms. The third-order valence-corrected chi connectivity index (χ3v) is 5.31. The number of anilines is 4. The van der Waals surface area contributed by atoms with Crippen LogP contribution in [0, 0.1) is 0 Å². The predicted octanol–water partition coefficient (Wildman–Crippen LogP) is 4.43. The van der Waals surface area contributed by atoms with E-state index in [1.54, 1.807) is 12.1 Å². The van der Waals surface area contributed by atoms with Gasteiger partial charge in [-0.3, -0.25) is 0 Å². The van der Waals surface area contributed by atoms with Gasteiger partial charge in [-0.2, -0.15) is 18.2 Å². The van der Waals surface area contributed by atoms with Crippen molar-refractivity contribution in [1.29, 1.82) is 0 Å². The number of aromatic nitrogens is 2. The molecule has 3 aromatic rings. The van der Waals surface area contributed by atoms with E-state index in [2.05, 4.69) is 25.5 Å². The minimum atomic E-state index is -4.51. The van der Waals surface area contributed by atoms with E-state index in [1.165, 1.54) is 6.07 Å². The fraction of sp³-hybridized carbons (Fsp3) is 0.300. The van der Waals surface area contributed by atoms with E-state index in [9.17, 15) is 13.2 Å². The van der Waals surface area contributed by atoms with E-state index in [0.717, 1.165) is 37.0 Å². The van der Waals surface area contributed by atoms with Crippen molar-refractivity contribution >= 4 is 45.6 Å². The van der Waals surface area contributed by atoms with Crippen molar-refractivity contribution in [3.8, 4) is 0 Å². The molecule has 1 unspecified atom stereocenters. The van der Waals surface area contributed by atoms with Gasteiger partial charge in [0.2, 0.25) is 5.95 Å². The van der Waals surface area contributed by atoms with Gasteiger partial charge in [0.05, 0.1) is 11.1 Å². The molecule has 1 atom stereocenters. The number of nitrogens with one attached hydrogen (secondary N) is 2. The first-order valence-corrected chi connectivity index (χ1v) is 9.75. The van der Waals surface area contributed by atoms with Gasteiger partial charge in [-0.15, -0.1) is 0 Å². The predicted molar refractivity (Wildman–Crippen MR) is 113 cm³/mol. The molecular formula is C20H20ClF3N6. The molecule has 1 saturated heterocycles. The Labute approximate surface area is 176 Å². The Morgan fingerprint density at radius 1 is 1.17 bits per heavy atom. The van der Waals surface area contributed by atoms with Crippen molar-refractivity contribution in [2.45, 2.75) is 18.6 Å². The smallest absolute Gasteiger partial charge is 0.399 e. The Bertz CT molecular complexity index is 1090. The molecule has 1 aliphatic rings. The quantitative estimate of drug-likeness (QED) is 0.525. The molecule has 2 aromatic carbocycles. The molecule has 0 bridgehead atoms. The lowest BCUT2D eigenvalue weighted by molar-refractivity contribution is -0.137. The number of nitrogens with zero attached hydrogens (tertiary/aromatic N) is 3. The van der Waals surface area contributed by atoms with Crippen LogP contribution in [0.15, 0.2) is 36.4 Å². The first kappa shape index (κ1) is 20.5. The molecular weight excluding hydrogens is 417 g/mol. The van der Waals surface area contributed by atoms with E-state index in [4.69, 9.17) is 17.3 Å². The number of likely N-dealkylation sites (N-methyl/N-ethyl adjacent to an activating group) is 1. The van der Waals surface area contributed by atoms with Gasteiger partial charge in [0.15, 0.2) is 0 Å². The highest BCUT2D eigenvalue weighted by Crippen LogP contribution is 2.34. The van der Waals surface area contributed by atoms with Crippen LogP contribution in [-0.4, -0.2) is 36.1 Å². The Balaban J connectivity index is 1.76. The fourth-order valence-electron chi connectivity index (χ4n) is 3.59. The van der Waals surface area contributed by atoms with Crippen LogP contribution < -0.4 is 21.3 Å². The molecule has 1 fully saturated rings. The number of alkyl halides is 3. The van der Waals surface area contributed by atoms with Crippen molar-refractivity contribution in [2.75, 3.05) is 36.1 Å². The van der Waals surface area contributed by atoms with Crippen LogP contribution >= 0.6 is 11.6 Å². The van der Waals surface area contributed by atoms with Gasteiger partial charge in [0.25, 0.3) is 0 Å². The average Bonchev–Trinajstić information content (AvgIpc) is 3.15. The van der Waals surface area contributed by atoms with Crippen LogP contribution in [0.4, 0.5) is 36.3 Å². The molecule has 1 aromatic heterocycles. The number of nitrogen functional groups attached to an aromatic ring is 1. The highest BCUT2D eigenvalue weighted by molar-refractivity contribution is 6.31. The summed E-state index contributed by atoms with van der Waals surface area (Å²) in [5.74, 6) is 0.878. The molecule has 30 heavy (non-hydrogen) atoms. The minimum Gasteiger partial charge on any atom is -0.399 e. The number of benzene rings is 2. The summed E-state index contributed by atoms with van der Waals surface area (Å²) < 4.78 is 39.4. The summed E-state index contributed by atoms with van der Waals surface area (Å²) in [5.41, 5.74) is 5.57. The zero-order chi connectivity index (χ0) is 21.5. The highest BCUT2D eigenvalue weighted by Gasteiger charge is 2.31. The zero-order valence-electron chi connectivity index (χ0n) is 16.1. The van der Waals surface area contributed by atoms with E-state index >= 15 is 0 Å². The van der Waals surface area contributed by atoms with Gasteiger partial charge in [-0.1, -0.05) is 11.6 Å². The summed E-state index contributed by atoms with van der Waals surface area (Å²) in [5, 5.41) is 7.46. The average molecular weight is 437 g/mol. The summed E-state index contributed by atoms with van der Waals surface area (Å²) in [6, 6.07) is 8.94. The van der Waals surface area contributed by atoms with Gasteiger partial charge < -0.3 is 21.3 Å². The topological polar surface area (TPSA) is 79.1 Å². The van der Waals surface area contributed by atoms with Gasteiger partial charge in [-0.05, 0) is 49.9 Å². The maximum atomic E-state index is 13.1. The van der Waals surface area contributed by atoms with E-state index in [0.29, 0.717) is 22.4 Å². The number of nitrogens with two attached hydrogens (primary N) is 1. The largest absolute Gasteiger partial charge is 0.416 e. The van der Waals surface area contributed by atoms with Crippen molar-refractivity contribution < 1.29 is 13.2 Å². The number of hydrogen-bond donors (Lipinski definition) is 3. The molecule has 10 heteroatoms. The van der Waals surface area contributed by atoms with Crippen LogP contribution in [0.3, 0.4) is 0 Å². The van der Waals surface area contributed by atoms with Crippen molar-refractivity contribution in [2.24, 2.45) is 0 Å². The van der Waals surface area contributed by atoms with Crippen LogP contribution in [0.25, 0.3) is 10.9 Å². The zero-order valence-corrected chi connectivity index (χ0v) is 16.8. The Kier molecular flexibility index (Phi) is 5.33. The first-order chi connectivity index (χ1) is 14.2. The summed E-state index contributed by atoms with van der Waals surface area (Å²) in [7, 11) is 1.91. The fourth-order valence-corrected chi connectivity index (χ4v) is 3.75. The lowest BCUT2D eigenvalue weighted by atomic mass is 10.1. The Morgan fingerprint density at radius 2 is 1.97 bits per heavy atom. The van der Waals surface area contributed by atoms with Gasteiger partial charge in [0, 0.05) is 40.9 Å². The second-order valence-electron chi connectivity index (χ2n) is 7.22. The molecule has 2 heterocycles. The van der Waals surface area contributed by atoms with Crippen LogP contribution in [0.5, 0.6) is 0 Å². The molecule has 0 amide bonds. The van der Waals surface area contributed by atoms with E-state index < -0.39 is 11.7 Å². The normalized spacial score (nSPS) is 17.0. The monoisotopic (exact) mass is 436 g/mol. The van der Waals surface area contributed by atoms with Crippen LogP contribution in [-0.2, 0) is 6.18 Å². The lowest BCUT2D eigenvalue weighted by Crippen LogP contribution is -2.30. The van der Waals surface area contributed by atoms with Gasteiger partial charge in [0.1, 0.15) is 5.82 Å². The SMILES string of the molecule is CNC1CCN(c2nc(Nc3cc(N)cc(C(F)(F)F)c3)nc3cc(Cl)ccc23)C1. The standard InChI is InChI=1S/C20H20ClF3N6/c1-26-14-4-5-30(10-14)18-16-3-2-12(21)8-17(16)28-19(29-18)27-15-7-11(20(22,23)24)6-13(25)9-15/h2-3,6-9,14,26H,4-5,10,25H2,1H3,(H,27,28,29). The molecule has 0 radical (unpaired) electrons. The third-order valence-electron chi connectivity index (χ3n) is 5.07. The second-order valence-corrected chi connectivity index (χ2v) is 7.66. The maximum Gasteiger partial charge on any atom is 0.416 e. The van der Waals surface area contributed by atoms with E-state index in [1.807, 2.05) is 13.1 Å². The molecule has 1 aliphatic heterocycles. The van der Waals surface area contributed by atoms with Crippen molar-refractivity contribution in [3.63, 3.8) is 0 Å². The molecule has 6 nitrogen and oxygen atoms in total. The van der Waals surface area contributed by atoms with Crippen molar-refractivity contribution in [3.05, 3.63) is 47.0 Å². The minimum absolute atomic E-state index is 0.00668. The van der Waals surface area contributed by atoms with Crippen molar-refractivity contribution in [1.82, 2.24) is 15.3 Å². The number of fused-ring (bicyclic) bond motifs is 1. The lowest BCUT2D eigenvalue weighted by Gasteiger charge is -2.20. The number of rotatable bonds is 4.